The maximum Gasteiger partial charge on any atom is 0.0886 e. The average molecular weight is 182 g/mol. The first kappa shape index (κ1) is 12.1. The molecule has 76 valence electrons. The summed E-state index contributed by atoms with van der Waals surface area (Å²) in [7, 11) is 4.17. The number of hydrogen-bond donors (Lipinski definition) is 0. The van der Waals surface area contributed by atoms with E-state index in [-0.39, 0.29) is 0 Å². The van der Waals surface area contributed by atoms with Gasteiger partial charge in [0.2, 0.25) is 0 Å². The molecule has 2 nitrogen and oxygen atoms in total. The molecule has 0 saturated heterocycles. The fourth-order valence-electron chi connectivity index (χ4n) is 1.02. The fourth-order valence-corrected chi connectivity index (χ4v) is 1.02. The number of rotatable bonds is 6. The van der Waals surface area contributed by atoms with Crippen molar-refractivity contribution >= 4 is 0 Å². The topological polar surface area (TPSA) is 6.48 Å². The Morgan fingerprint density at radius 1 is 0.846 bits per heavy atom. The van der Waals surface area contributed by atoms with Gasteiger partial charge in [-0.25, -0.2) is 0 Å². The van der Waals surface area contributed by atoms with E-state index >= 15 is 0 Å². The minimum absolute atomic E-state index is 0.938. The van der Waals surface area contributed by atoms with Gasteiger partial charge in [-0.05, 0) is 25.2 Å². The first-order chi connectivity index (χ1) is 6.20. The van der Waals surface area contributed by atoms with E-state index in [9.17, 15) is 0 Å². The maximum atomic E-state index is 2.17. The second kappa shape index (κ2) is 7.71. The molecule has 0 atom stereocenters. The molecule has 0 fully saturated rings. The van der Waals surface area contributed by atoms with Gasteiger partial charge in [0.1, 0.15) is 0 Å². The van der Waals surface area contributed by atoms with Gasteiger partial charge in [-0.15, -0.1) is 0 Å². The summed E-state index contributed by atoms with van der Waals surface area (Å²) < 4.78 is 0. The van der Waals surface area contributed by atoms with Gasteiger partial charge in [-0.1, -0.05) is 26.0 Å². The monoisotopic (exact) mass is 182 g/mol. The van der Waals surface area contributed by atoms with Gasteiger partial charge in [-0.2, -0.15) is 0 Å². The van der Waals surface area contributed by atoms with E-state index in [0.29, 0.717) is 0 Å². The molecule has 0 aliphatic rings. The van der Waals surface area contributed by atoms with Crippen LogP contribution in [0, 0.1) is 0 Å². The third kappa shape index (κ3) is 7.44. The molecule has 0 radical (unpaired) electrons. The average Bonchev–Trinajstić information content (AvgIpc) is 2.11. The lowest BCUT2D eigenvalue weighted by Crippen LogP contribution is -2.25. The SMILES string of the molecule is CCC=CN(C)CN(C)C=CCC. The van der Waals surface area contributed by atoms with Gasteiger partial charge in [-0.3, -0.25) is 0 Å². The molecule has 0 aliphatic heterocycles. The molecule has 13 heavy (non-hydrogen) atoms. The van der Waals surface area contributed by atoms with Crippen LogP contribution in [0.25, 0.3) is 0 Å². The number of hydrogen-bond acceptors (Lipinski definition) is 2. The summed E-state index contributed by atoms with van der Waals surface area (Å²) >= 11 is 0. The molecule has 0 aromatic rings. The van der Waals surface area contributed by atoms with Gasteiger partial charge in [0, 0.05) is 14.1 Å². The third-order valence-electron chi connectivity index (χ3n) is 1.64. The molecule has 0 aliphatic carbocycles. The van der Waals surface area contributed by atoms with Crippen molar-refractivity contribution in [3.8, 4) is 0 Å². The summed E-state index contributed by atoms with van der Waals surface area (Å²) in [6.45, 7) is 5.23. The lowest BCUT2D eigenvalue weighted by molar-refractivity contribution is 0.292. The predicted molar refractivity (Wildman–Crippen MR) is 59.3 cm³/mol. The Hall–Kier alpha value is -0.920. The zero-order valence-electron chi connectivity index (χ0n) is 9.33. The first-order valence-corrected chi connectivity index (χ1v) is 4.94. The Morgan fingerprint density at radius 3 is 1.54 bits per heavy atom. The third-order valence-corrected chi connectivity index (χ3v) is 1.64. The molecular weight excluding hydrogens is 160 g/mol. The van der Waals surface area contributed by atoms with E-state index in [1.807, 2.05) is 0 Å². The molecule has 0 aromatic carbocycles. The number of nitrogens with zero attached hydrogens (tertiary/aromatic N) is 2. The Labute approximate surface area is 82.5 Å². The molecule has 0 saturated carbocycles. The van der Waals surface area contributed by atoms with Crippen molar-refractivity contribution in [1.29, 1.82) is 0 Å². The van der Waals surface area contributed by atoms with Crippen LogP contribution in [0.4, 0.5) is 0 Å². The van der Waals surface area contributed by atoms with E-state index < -0.39 is 0 Å². The van der Waals surface area contributed by atoms with Crippen molar-refractivity contribution in [2.75, 3.05) is 20.8 Å². The van der Waals surface area contributed by atoms with Crippen molar-refractivity contribution in [1.82, 2.24) is 9.80 Å². The largest absolute Gasteiger partial charge is 0.363 e. The van der Waals surface area contributed by atoms with Gasteiger partial charge in [0.15, 0.2) is 0 Å². The minimum Gasteiger partial charge on any atom is -0.363 e. The molecule has 0 spiro atoms. The molecule has 0 heterocycles. The van der Waals surface area contributed by atoms with E-state index in [1.165, 1.54) is 0 Å². The zero-order chi connectivity index (χ0) is 10.1. The molecule has 0 N–H and O–H groups in total. The Balaban J connectivity index is 3.70. The van der Waals surface area contributed by atoms with Gasteiger partial charge in [0.05, 0.1) is 6.67 Å². The quantitative estimate of drug-likeness (QED) is 0.583. The Morgan fingerprint density at radius 2 is 1.23 bits per heavy atom. The van der Waals surface area contributed by atoms with Crippen molar-refractivity contribution in [3.05, 3.63) is 24.6 Å². The highest BCUT2D eigenvalue weighted by atomic mass is 15.3. The molecule has 0 amide bonds. The maximum absolute atomic E-state index is 2.17. The fraction of sp³-hybridized carbons (Fsp3) is 0.636. The van der Waals surface area contributed by atoms with Crippen LogP contribution >= 0.6 is 0 Å². The van der Waals surface area contributed by atoms with Crippen molar-refractivity contribution in [3.63, 3.8) is 0 Å². The smallest absolute Gasteiger partial charge is 0.0886 e. The Kier molecular flexibility index (Phi) is 7.17. The van der Waals surface area contributed by atoms with Crippen LogP contribution in [0.5, 0.6) is 0 Å². The molecule has 0 rings (SSSR count). The summed E-state index contributed by atoms with van der Waals surface area (Å²) in [5.41, 5.74) is 0. The van der Waals surface area contributed by atoms with Gasteiger partial charge in [0.25, 0.3) is 0 Å². The van der Waals surface area contributed by atoms with Crippen molar-refractivity contribution in [2.24, 2.45) is 0 Å². The lowest BCUT2D eigenvalue weighted by atomic mass is 10.4. The van der Waals surface area contributed by atoms with Crippen molar-refractivity contribution < 1.29 is 0 Å². The van der Waals surface area contributed by atoms with Crippen LogP contribution in [0.2, 0.25) is 0 Å². The van der Waals surface area contributed by atoms with Crippen LogP contribution < -0.4 is 0 Å². The summed E-state index contributed by atoms with van der Waals surface area (Å²) in [4.78, 5) is 4.34. The molecule has 0 aromatic heterocycles. The highest BCUT2D eigenvalue weighted by Crippen LogP contribution is 1.92. The summed E-state index contributed by atoms with van der Waals surface area (Å²) in [5.74, 6) is 0. The Bertz CT molecular complexity index is 143. The highest BCUT2D eigenvalue weighted by molar-refractivity contribution is 4.82. The second-order valence-electron chi connectivity index (χ2n) is 3.24. The standard InChI is InChI=1S/C11H22N2/c1-5-7-9-12(3)11-13(4)10-8-6-2/h7-10H,5-6,11H2,1-4H3. The van der Waals surface area contributed by atoms with E-state index in [1.54, 1.807) is 0 Å². The van der Waals surface area contributed by atoms with Crippen LogP contribution in [0.15, 0.2) is 24.6 Å². The zero-order valence-corrected chi connectivity index (χ0v) is 9.33. The summed E-state index contributed by atoms with van der Waals surface area (Å²) in [6.07, 6.45) is 10.8. The molecular formula is C11H22N2. The van der Waals surface area contributed by atoms with Crippen molar-refractivity contribution in [2.45, 2.75) is 26.7 Å². The van der Waals surface area contributed by atoms with Crippen LogP contribution in [-0.4, -0.2) is 30.6 Å². The summed E-state index contributed by atoms with van der Waals surface area (Å²) in [5, 5.41) is 0. The molecule has 0 bridgehead atoms. The predicted octanol–water partition coefficient (Wildman–Crippen LogP) is 2.65. The molecule has 2 heteroatoms. The first-order valence-electron chi connectivity index (χ1n) is 4.94. The summed E-state index contributed by atoms with van der Waals surface area (Å²) in [6, 6.07) is 0. The van der Waals surface area contributed by atoms with E-state index in [2.05, 4.69) is 62.3 Å². The van der Waals surface area contributed by atoms with Crippen LogP contribution in [0.1, 0.15) is 26.7 Å². The van der Waals surface area contributed by atoms with E-state index in [4.69, 9.17) is 0 Å². The van der Waals surface area contributed by atoms with Crippen LogP contribution in [-0.2, 0) is 0 Å². The second-order valence-corrected chi connectivity index (χ2v) is 3.24. The van der Waals surface area contributed by atoms with Gasteiger partial charge >= 0.3 is 0 Å². The van der Waals surface area contributed by atoms with Gasteiger partial charge < -0.3 is 9.80 Å². The normalized spacial score (nSPS) is 11.4. The molecule has 0 unspecified atom stereocenters. The lowest BCUT2D eigenvalue weighted by Gasteiger charge is -2.21. The van der Waals surface area contributed by atoms with Crippen LogP contribution in [0.3, 0.4) is 0 Å². The van der Waals surface area contributed by atoms with E-state index in [0.717, 1.165) is 19.5 Å². The highest BCUT2D eigenvalue weighted by Gasteiger charge is 1.92. The number of allylic oxidation sites excluding steroid dienone is 2. The minimum atomic E-state index is 0.938.